The first-order chi connectivity index (χ1) is 6.50. The Morgan fingerprint density at radius 1 is 1.36 bits per heavy atom. The quantitative estimate of drug-likeness (QED) is 0.717. The number of primary amides is 1. The van der Waals surface area contributed by atoms with Gasteiger partial charge in [-0.2, -0.15) is 0 Å². The van der Waals surface area contributed by atoms with Gasteiger partial charge >= 0.3 is 0 Å². The van der Waals surface area contributed by atoms with Crippen LogP contribution in [-0.4, -0.2) is 18.0 Å². The molecule has 0 radical (unpaired) electrons. The molecule has 0 aromatic heterocycles. The highest BCUT2D eigenvalue weighted by Crippen LogP contribution is 2.29. The van der Waals surface area contributed by atoms with E-state index in [4.69, 9.17) is 5.73 Å². The molecule has 1 aliphatic carbocycles. The van der Waals surface area contributed by atoms with Crippen molar-refractivity contribution in [2.24, 2.45) is 17.6 Å². The number of rotatable bonds is 3. The van der Waals surface area contributed by atoms with Gasteiger partial charge in [-0.3, -0.25) is 4.79 Å². The van der Waals surface area contributed by atoms with Gasteiger partial charge in [-0.15, -0.1) is 0 Å². The molecule has 14 heavy (non-hydrogen) atoms. The summed E-state index contributed by atoms with van der Waals surface area (Å²) in [5, 5.41) is 3.29. The van der Waals surface area contributed by atoms with E-state index in [2.05, 4.69) is 19.2 Å². The maximum absolute atomic E-state index is 10.9. The summed E-state index contributed by atoms with van der Waals surface area (Å²) in [6, 6.07) is 0.282. The van der Waals surface area contributed by atoms with Gasteiger partial charge in [0.25, 0.3) is 0 Å². The van der Waals surface area contributed by atoms with Gasteiger partial charge in [0.2, 0.25) is 5.91 Å². The largest absolute Gasteiger partial charge is 0.368 e. The number of carbonyl (C=O) groups excluding carboxylic acids is 1. The first kappa shape index (κ1) is 11.5. The maximum Gasteiger partial charge on any atom is 0.234 e. The Labute approximate surface area is 86.4 Å². The average Bonchev–Trinajstić information content (AvgIpc) is 2.11. The van der Waals surface area contributed by atoms with Gasteiger partial charge in [0.15, 0.2) is 0 Å². The van der Waals surface area contributed by atoms with Gasteiger partial charge in [-0.05, 0) is 38.0 Å². The second-order valence-electron chi connectivity index (χ2n) is 4.76. The molecule has 82 valence electrons. The molecule has 0 spiro atoms. The monoisotopic (exact) mass is 198 g/mol. The van der Waals surface area contributed by atoms with Gasteiger partial charge in [-0.25, -0.2) is 0 Å². The molecule has 3 nitrogen and oxygen atoms in total. The van der Waals surface area contributed by atoms with Gasteiger partial charge in [0, 0.05) is 6.04 Å². The molecular weight excluding hydrogens is 176 g/mol. The van der Waals surface area contributed by atoms with E-state index in [0.29, 0.717) is 6.04 Å². The Balaban J connectivity index is 2.36. The summed E-state index contributed by atoms with van der Waals surface area (Å²) in [6.45, 7) is 6.43. The van der Waals surface area contributed by atoms with Crippen LogP contribution < -0.4 is 11.1 Å². The fourth-order valence-corrected chi connectivity index (χ4v) is 2.13. The zero-order valence-electron chi connectivity index (χ0n) is 9.42. The van der Waals surface area contributed by atoms with E-state index < -0.39 is 0 Å². The zero-order chi connectivity index (χ0) is 10.7. The minimum atomic E-state index is -0.253. The van der Waals surface area contributed by atoms with Crippen LogP contribution in [0.2, 0.25) is 0 Å². The standard InChI is InChI=1S/C11H22N2O/c1-7-4-5-10(6-8(7)2)13-9(3)11(12)14/h7-10,13H,4-6H2,1-3H3,(H2,12,14)/t7?,8?,9-,10?/m1/s1. The molecule has 1 fully saturated rings. The number of hydrogen-bond acceptors (Lipinski definition) is 2. The highest BCUT2D eigenvalue weighted by molar-refractivity contribution is 5.79. The summed E-state index contributed by atoms with van der Waals surface area (Å²) < 4.78 is 0. The Morgan fingerprint density at radius 2 is 2.00 bits per heavy atom. The Bertz CT molecular complexity index is 205. The lowest BCUT2D eigenvalue weighted by atomic mass is 9.79. The molecule has 1 amide bonds. The number of carbonyl (C=O) groups is 1. The molecule has 0 heterocycles. The van der Waals surface area contributed by atoms with Gasteiger partial charge in [-0.1, -0.05) is 13.8 Å². The van der Waals surface area contributed by atoms with E-state index in [1.165, 1.54) is 19.3 Å². The van der Waals surface area contributed by atoms with E-state index in [1.54, 1.807) is 0 Å². The molecule has 3 unspecified atom stereocenters. The lowest BCUT2D eigenvalue weighted by Gasteiger charge is -2.33. The van der Waals surface area contributed by atoms with Crippen molar-refractivity contribution in [2.75, 3.05) is 0 Å². The molecule has 1 rings (SSSR count). The molecular formula is C11H22N2O. The summed E-state index contributed by atoms with van der Waals surface area (Å²) in [7, 11) is 0. The molecule has 1 aliphatic rings. The van der Waals surface area contributed by atoms with Crippen molar-refractivity contribution >= 4 is 5.91 Å². The van der Waals surface area contributed by atoms with Crippen molar-refractivity contribution in [3.63, 3.8) is 0 Å². The molecule has 4 atom stereocenters. The van der Waals surface area contributed by atoms with Crippen LogP contribution in [0, 0.1) is 11.8 Å². The molecule has 0 saturated heterocycles. The Morgan fingerprint density at radius 3 is 2.50 bits per heavy atom. The summed E-state index contributed by atoms with van der Waals surface area (Å²) in [4.78, 5) is 10.9. The Kier molecular flexibility index (Phi) is 3.93. The van der Waals surface area contributed by atoms with Gasteiger partial charge in [0.05, 0.1) is 6.04 Å². The molecule has 0 aromatic rings. The molecule has 0 aliphatic heterocycles. The van der Waals surface area contributed by atoms with Crippen molar-refractivity contribution in [1.29, 1.82) is 0 Å². The normalized spacial score (nSPS) is 35.2. The molecule has 3 heteroatoms. The van der Waals surface area contributed by atoms with Gasteiger partial charge in [0.1, 0.15) is 0 Å². The van der Waals surface area contributed by atoms with E-state index in [0.717, 1.165) is 11.8 Å². The third-order valence-corrected chi connectivity index (χ3v) is 3.51. The number of hydrogen-bond donors (Lipinski definition) is 2. The van der Waals surface area contributed by atoms with E-state index in [9.17, 15) is 4.79 Å². The fourth-order valence-electron chi connectivity index (χ4n) is 2.13. The van der Waals surface area contributed by atoms with Crippen molar-refractivity contribution in [3.8, 4) is 0 Å². The van der Waals surface area contributed by atoms with Crippen LogP contribution in [0.1, 0.15) is 40.0 Å². The second-order valence-corrected chi connectivity index (χ2v) is 4.76. The highest BCUT2D eigenvalue weighted by Gasteiger charge is 2.25. The Hall–Kier alpha value is -0.570. The maximum atomic E-state index is 10.9. The summed E-state index contributed by atoms with van der Waals surface area (Å²) in [5.74, 6) is 1.31. The van der Waals surface area contributed by atoms with E-state index >= 15 is 0 Å². The van der Waals surface area contributed by atoms with Crippen molar-refractivity contribution in [3.05, 3.63) is 0 Å². The first-order valence-corrected chi connectivity index (χ1v) is 5.56. The number of nitrogens with one attached hydrogen (secondary N) is 1. The highest BCUT2D eigenvalue weighted by atomic mass is 16.1. The SMILES string of the molecule is CC1CCC(N[C@H](C)C(N)=O)CC1C. The van der Waals surface area contributed by atoms with Crippen LogP contribution in [0.4, 0.5) is 0 Å². The van der Waals surface area contributed by atoms with Crippen LogP contribution in [0.15, 0.2) is 0 Å². The van der Waals surface area contributed by atoms with Crippen molar-refractivity contribution in [1.82, 2.24) is 5.32 Å². The van der Waals surface area contributed by atoms with Crippen LogP contribution in [-0.2, 0) is 4.79 Å². The van der Waals surface area contributed by atoms with Crippen LogP contribution in [0.5, 0.6) is 0 Å². The molecule has 0 aromatic carbocycles. The summed E-state index contributed by atoms with van der Waals surface area (Å²) >= 11 is 0. The minimum Gasteiger partial charge on any atom is -0.368 e. The predicted molar refractivity (Wildman–Crippen MR) is 57.8 cm³/mol. The van der Waals surface area contributed by atoms with E-state index in [-0.39, 0.29) is 11.9 Å². The fraction of sp³-hybridized carbons (Fsp3) is 0.909. The summed E-state index contributed by atoms with van der Waals surface area (Å²) in [5.41, 5.74) is 5.21. The van der Waals surface area contributed by atoms with E-state index in [1.807, 2.05) is 6.92 Å². The number of nitrogens with two attached hydrogens (primary N) is 1. The number of amides is 1. The van der Waals surface area contributed by atoms with Crippen molar-refractivity contribution < 1.29 is 4.79 Å². The van der Waals surface area contributed by atoms with Crippen LogP contribution in [0.25, 0.3) is 0 Å². The topological polar surface area (TPSA) is 55.1 Å². The third kappa shape index (κ3) is 2.98. The average molecular weight is 198 g/mol. The molecule has 3 N–H and O–H groups in total. The molecule has 1 saturated carbocycles. The first-order valence-electron chi connectivity index (χ1n) is 5.56. The lowest BCUT2D eigenvalue weighted by molar-refractivity contribution is -0.119. The van der Waals surface area contributed by atoms with Gasteiger partial charge < -0.3 is 11.1 Å². The predicted octanol–water partition coefficient (Wildman–Crippen LogP) is 1.27. The lowest BCUT2D eigenvalue weighted by Crippen LogP contribution is -2.46. The minimum absolute atomic E-state index is 0.194. The van der Waals surface area contributed by atoms with Crippen LogP contribution >= 0.6 is 0 Å². The zero-order valence-corrected chi connectivity index (χ0v) is 9.42. The summed E-state index contributed by atoms with van der Waals surface area (Å²) in [6.07, 6.45) is 3.59. The smallest absolute Gasteiger partial charge is 0.234 e. The molecule has 0 bridgehead atoms. The third-order valence-electron chi connectivity index (χ3n) is 3.51. The second kappa shape index (κ2) is 4.78. The van der Waals surface area contributed by atoms with Crippen LogP contribution in [0.3, 0.4) is 0 Å². The van der Waals surface area contributed by atoms with Crippen molar-refractivity contribution in [2.45, 2.75) is 52.1 Å².